The van der Waals surface area contributed by atoms with Crippen LogP contribution in [-0.4, -0.2) is 48.7 Å². The Balaban J connectivity index is 2.02. The molecule has 1 amide bonds. The number of nitrogens with zero attached hydrogens (tertiary/aromatic N) is 1. The Morgan fingerprint density at radius 1 is 1.33 bits per heavy atom. The Labute approximate surface area is 107 Å². The van der Waals surface area contributed by atoms with E-state index in [0.29, 0.717) is 32.6 Å². The summed E-state index contributed by atoms with van der Waals surface area (Å²) in [5, 5.41) is 0. The highest BCUT2D eigenvalue weighted by Gasteiger charge is 2.48. The fourth-order valence-corrected chi connectivity index (χ4v) is 2.51. The van der Waals surface area contributed by atoms with E-state index in [4.69, 9.17) is 9.47 Å². The highest BCUT2D eigenvalue weighted by atomic mass is 16.6. The molecule has 0 aromatic heterocycles. The first-order chi connectivity index (χ1) is 8.32. The van der Waals surface area contributed by atoms with Crippen molar-refractivity contribution >= 4 is 11.9 Å². The highest BCUT2D eigenvalue weighted by Crippen LogP contribution is 2.37. The molecule has 2 saturated heterocycles. The molecule has 0 aromatic carbocycles. The van der Waals surface area contributed by atoms with Crippen LogP contribution < -0.4 is 0 Å². The number of hydrogen-bond acceptors (Lipinski definition) is 4. The third-order valence-corrected chi connectivity index (χ3v) is 3.52. The van der Waals surface area contributed by atoms with E-state index in [1.165, 1.54) is 4.90 Å². The van der Waals surface area contributed by atoms with Gasteiger partial charge in [-0.3, -0.25) is 9.69 Å². The third-order valence-electron chi connectivity index (χ3n) is 3.52. The van der Waals surface area contributed by atoms with Crippen LogP contribution in [0.25, 0.3) is 0 Å². The van der Waals surface area contributed by atoms with Crippen LogP contribution in [0.1, 0.15) is 33.6 Å². The number of rotatable bonds is 0. The number of ether oxygens (including phenoxy) is 2. The van der Waals surface area contributed by atoms with Crippen LogP contribution >= 0.6 is 0 Å². The number of Topliss-reactive ketones (excluding diaryl/α,β-unsaturated/α-hetero) is 1. The monoisotopic (exact) mass is 255 g/mol. The molecule has 0 radical (unpaired) electrons. The molecule has 18 heavy (non-hydrogen) atoms. The van der Waals surface area contributed by atoms with Gasteiger partial charge in [0, 0.05) is 19.8 Å². The Kier molecular flexibility index (Phi) is 3.36. The van der Waals surface area contributed by atoms with E-state index in [-0.39, 0.29) is 23.8 Å². The number of carbonyl (C=O) groups is 2. The lowest BCUT2D eigenvalue weighted by Crippen LogP contribution is -2.39. The number of hydrogen-bond donors (Lipinski definition) is 0. The average Bonchev–Trinajstić information content (AvgIpc) is 2.56. The summed E-state index contributed by atoms with van der Waals surface area (Å²) >= 11 is 0. The average molecular weight is 255 g/mol. The van der Waals surface area contributed by atoms with Crippen LogP contribution in [0.5, 0.6) is 0 Å². The van der Waals surface area contributed by atoms with Crippen LogP contribution in [0.2, 0.25) is 0 Å². The summed E-state index contributed by atoms with van der Waals surface area (Å²) in [4.78, 5) is 25.6. The van der Waals surface area contributed by atoms with Crippen LogP contribution in [0, 0.1) is 5.41 Å². The van der Waals surface area contributed by atoms with E-state index in [9.17, 15) is 9.59 Å². The van der Waals surface area contributed by atoms with Crippen molar-refractivity contribution in [2.24, 2.45) is 5.41 Å². The van der Waals surface area contributed by atoms with Gasteiger partial charge in [-0.2, -0.15) is 0 Å². The van der Waals surface area contributed by atoms with Crippen molar-refractivity contribution in [3.8, 4) is 0 Å². The summed E-state index contributed by atoms with van der Waals surface area (Å²) in [6, 6.07) is 0. The van der Waals surface area contributed by atoms with Gasteiger partial charge in [-0.15, -0.1) is 0 Å². The highest BCUT2D eigenvalue weighted by molar-refractivity contribution is 5.92. The molecule has 2 aliphatic rings. The molecule has 0 unspecified atom stereocenters. The van der Waals surface area contributed by atoms with Gasteiger partial charge in [0.15, 0.2) is 5.78 Å². The predicted molar refractivity (Wildman–Crippen MR) is 65.3 cm³/mol. The minimum atomic E-state index is -0.522. The van der Waals surface area contributed by atoms with E-state index in [1.54, 1.807) is 0 Å². The zero-order valence-electron chi connectivity index (χ0n) is 11.3. The van der Waals surface area contributed by atoms with Crippen LogP contribution in [-0.2, 0) is 14.3 Å². The lowest BCUT2D eigenvalue weighted by Gasteiger charge is -2.31. The molecule has 102 valence electrons. The molecule has 2 heterocycles. The van der Waals surface area contributed by atoms with E-state index in [2.05, 4.69) is 0 Å². The first-order valence-electron chi connectivity index (χ1n) is 6.41. The van der Waals surface area contributed by atoms with Gasteiger partial charge in [-0.05, 0) is 33.6 Å². The number of ketones is 1. The maximum atomic E-state index is 12.1. The molecule has 0 atom stereocenters. The smallest absolute Gasteiger partial charge is 0.410 e. The summed E-state index contributed by atoms with van der Waals surface area (Å²) in [6.07, 6.45) is 1.04. The first-order valence-corrected chi connectivity index (χ1v) is 6.41. The van der Waals surface area contributed by atoms with E-state index >= 15 is 0 Å². The van der Waals surface area contributed by atoms with Gasteiger partial charge in [0.25, 0.3) is 0 Å². The van der Waals surface area contributed by atoms with Gasteiger partial charge in [0.2, 0.25) is 0 Å². The van der Waals surface area contributed by atoms with Crippen molar-refractivity contribution < 1.29 is 19.1 Å². The molecule has 0 aliphatic carbocycles. The first kappa shape index (κ1) is 13.3. The van der Waals surface area contributed by atoms with Gasteiger partial charge >= 0.3 is 6.09 Å². The predicted octanol–water partition coefficient (Wildman–Crippen LogP) is 1.60. The second-order valence-electron chi connectivity index (χ2n) is 6.15. The molecule has 1 spiro atoms. The fraction of sp³-hybridized carbons (Fsp3) is 0.846. The van der Waals surface area contributed by atoms with E-state index in [1.807, 2.05) is 20.8 Å². The standard InChI is InChI=1S/C13H21NO4/c1-12(2,3)18-11(16)14-8-10(15)13(9-14)4-6-17-7-5-13/h4-9H2,1-3H3. The fourth-order valence-electron chi connectivity index (χ4n) is 2.51. The van der Waals surface area contributed by atoms with Crippen molar-refractivity contribution in [1.29, 1.82) is 0 Å². The maximum Gasteiger partial charge on any atom is 0.410 e. The van der Waals surface area contributed by atoms with Crippen LogP contribution in [0.4, 0.5) is 4.79 Å². The lowest BCUT2D eigenvalue weighted by atomic mass is 9.79. The van der Waals surface area contributed by atoms with E-state index < -0.39 is 5.60 Å². The van der Waals surface area contributed by atoms with Gasteiger partial charge in [0.05, 0.1) is 12.0 Å². The van der Waals surface area contributed by atoms with Crippen LogP contribution in [0.3, 0.4) is 0 Å². The maximum absolute atomic E-state index is 12.1. The Morgan fingerprint density at radius 3 is 2.50 bits per heavy atom. The molecule has 5 nitrogen and oxygen atoms in total. The third kappa shape index (κ3) is 2.66. The summed E-state index contributed by atoms with van der Waals surface area (Å²) in [7, 11) is 0. The van der Waals surface area contributed by atoms with Crippen molar-refractivity contribution in [3.05, 3.63) is 0 Å². The number of likely N-dealkylation sites (tertiary alicyclic amines) is 1. The van der Waals surface area contributed by atoms with Crippen molar-refractivity contribution in [2.45, 2.75) is 39.2 Å². The number of amides is 1. The Bertz CT molecular complexity index is 352. The SMILES string of the molecule is CC(C)(C)OC(=O)N1CC(=O)C2(CCOCC2)C1. The largest absolute Gasteiger partial charge is 0.444 e. The zero-order chi connectivity index (χ0) is 13.4. The van der Waals surface area contributed by atoms with Gasteiger partial charge in [-0.25, -0.2) is 4.79 Å². The minimum absolute atomic E-state index is 0.150. The van der Waals surface area contributed by atoms with Crippen molar-refractivity contribution in [2.75, 3.05) is 26.3 Å². The summed E-state index contributed by atoms with van der Waals surface area (Å²) < 4.78 is 10.6. The molecule has 2 aliphatic heterocycles. The topological polar surface area (TPSA) is 55.8 Å². The molecule has 2 fully saturated rings. The van der Waals surface area contributed by atoms with Gasteiger partial charge in [0.1, 0.15) is 5.60 Å². The molecule has 2 rings (SSSR count). The second kappa shape index (κ2) is 4.53. The molecule has 0 saturated carbocycles. The summed E-state index contributed by atoms with van der Waals surface area (Å²) in [5.41, 5.74) is -0.902. The zero-order valence-corrected chi connectivity index (χ0v) is 11.3. The Hall–Kier alpha value is -1.10. The molecule has 0 bridgehead atoms. The minimum Gasteiger partial charge on any atom is -0.444 e. The Morgan fingerprint density at radius 2 is 1.94 bits per heavy atom. The molecule has 5 heteroatoms. The van der Waals surface area contributed by atoms with Crippen molar-refractivity contribution in [1.82, 2.24) is 4.90 Å². The summed E-state index contributed by atoms with van der Waals surface area (Å²) in [6.45, 7) is 7.34. The molecule has 0 aromatic rings. The molecule has 0 N–H and O–H groups in total. The van der Waals surface area contributed by atoms with E-state index in [0.717, 1.165) is 0 Å². The van der Waals surface area contributed by atoms with Gasteiger partial charge < -0.3 is 9.47 Å². The normalized spacial score (nSPS) is 23.5. The second-order valence-corrected chi connectivity index (χ2v) is 6.15. The number of carbonyl (C=O) groups excluding carboxylic acids is 2. The van der Waals surface area contributed by atoms with Crippen molar-refractivity contribution in [3.63, 3.8) is 0 Å². The van der Waals surface area contributed by atoms with Gasteiger partial charge in [-0.1, -0.05) is 0 Å². The van der Waals surface area contributed by atoms with Crippen LogP contribution in [0.15, 0.2) is 0 Å². The quantitative estimate of drug-likeness (QED) is 0.660. The molecular formula is C13H21NO4. The summed E-state index contributed by atoms with van der Waals surface area (Å²) in [5.74, 6) is 0.150. The lowest BCUT2D eigenvalue weighted by molar-refractivity contribution is -0.128. The molecular weight excluding hydrogens is 234 g/mol.